The molecule has 2 rings (SSSR count). The van der Waals surface area contributed by atoms with E-state index in [1.807, 2.05) is 25.1 Å². The van der Waals surface area contributed by atoms with E-state index in [1.165, 1.54) is 5.56 Å². The second kappa shape index (κ2) is 2.97. The predicted molar refractivity (Wildman–Crippen MR) is 57.0 cm³/mol. The van der Waals surface area contributed by atoms with Gasteiger partial charge in [-0.15, -0.1) is 10.2 Å². The molecule has 0 saturated carbocycles. The van der Waals surface area contributed by atoms with Gasteiger partial charge in [0.15, 0.2) is 0 Å². The van der Waals surface area contributed by atoms with Gasteiger partial charge in [-0.2, -0.15) is 0 Å². The average Bonchev–Trinajstić information content (AvgIpc) is 2.04. The molecule has 1 aromatic heterocycles. The minimum Gasteiger partial charge on any atom is -0.149 e. The molecule has 0 saturated heterocycles. The maximum atomic E-state index is 4.12. The van der Waals surface area contributed by atoms with Crippen molar-refractivity contribution in [2.45, 2.75) is 6.92 Å². The zero-order valence-electron chi connectivity index (χ0n) is 6.58. The van der Waals surface area contributed by atoms with Crippen molar-refractivity contribution >= 4 is 33.5 Å². The Hall–Kier alpha value is -0.710. The van der Waals surface area contributed by atoms with Crippen LogP contribution in [0.5, 0.6) is 0 Å². The highest BCUT2D eigenvalue weighted by Gasteiger charge is 1.98. The van der Waals surface area contributed by atoms with E-state index in [0.29, 0.717) is 0 Å². The van der Waals surface area contributed by atoms with Crippen LogP contribution in [0.25, 0.3) is 10.9 Å². The first-order chi connectivity index (χ1) is 5.77. The van der Waals surface area contributed by atoms with Crippen molar-refractivity contribution in [2.75, 3.05) is 0 Å². The van der Waals surface area contributed by atoms with Gasteiger partial charge in [0.2, 0.25) is 0 Å². The molecule has 3 heteroatoms. The number of hydrogen-bond acceptors (Lipinski definition) is 2. The predicted octanol–water partition coefficient (Wildman–Crippen LogP) is 2.54. The Morgan fingerprint density at radius 1 is 1.25 bits per heavy atom. The van der Waals surface area contributed by atoms with E-state index in [-0.39, 0.29) is 0 Å². The van der Waals surface area contributed by atoms with E-state index in [1.54, 1.807) is 0 Å². The van der Waals surface area contributed by atoms with Gasteiger partial charge >= 0.3 is 0 Å². The van der Waals surface area contributed by atoms with Gasteiger partial charge in [0, 0.05) is 5.39 Å². The average molecular weight is 270 g/mol. The Labute approximate surface area is 84.1 Å². The van der Waals surface area contributed by atoms with Crippen LogP contribution in [-0.2, 0) is 0 Å². The van der Waals surface area contributed by atoms with Crippen molar-refractivity contribution in [3.05, 3.63) is 33.5 Å². The first-order valence-corrected chi connectivity index (χ1v) is 4.74. The Balaban J connectivity index is 2.86. The molecule has 2 aromatic rings. The molecule has 0 aliphatic heterocycles. The molecule has 0 unspecified atom stereocenters. The summed E-state index contributed by atoms with van der Waals surface area (Å²) >= 11 is 2.17. The quantitative estimate of drug-likeness (QED) is 0.687. The molecule has 1 aromatic carbocycles. The summed E-state index contributed by atoms with van der Waals surface area (Å²) in [5.74, 6) is 0. The maximum Gasteiger partial charge on any atom is 0.124 e. The van der Waals surface area contributed by atoms with Gasteiger partial charge < -0.3 is 0 Å². The van der Waals surface area contributed by atoms with Gasteiger partial charge in [-0.05, 0) is 41.1 Å². The van der Waals surface area contributed by atoms with Gasteiger partial charge in [0.1, 0.15) is 3.70 Å². The van der Waals surface area contributed by atoms with Crippen molar-refractivity contribution in [1.82, 2.24) is 10.2 Å². The summed E-state index contributed by atoms with van der Waals surface area (Å²) in [5.41, 5.74) is 2.18. The highest BCUT2D eigenvalue weighted by molar-refractivity contribution is 14.1. The molecule has 60 valence electrons. The summed E-state index contributed by atoms with van der Waals surface area (Å²) in [6, 6.07) is 8.17. The van der Waals surface area contributed by atoms with E-state index in [0.717, 1.165) is 14.6 Å². The molecule has 0 aliphatic carbocycles. The zero-order valence-corrected chi connectivity index (χ0v) is 8.74. The summed E-state index contributed by atoms with van der Waals surface area (Å²) in [6.45, 7) is 2.05. The fourth-order valence-corrected chi connectivity index (χ4v) is 1.63. The van der Waals surface area contributed by atoms with Crippen LogP contribution in [0.2, 0.25) is 0 Å². The van der Waals surface area contributed by atoms with Gasteiger partial charge in [-0.3, -0.25) is 0 Å². The van der Waals surface area contributed by atoms with Crippen LogP contribution in [0.3, 0.4) is 0 Å². The minimum atomic E-state index is 0.936. The fourth-order valence-electron chi connectivity index (χ4n) is 1.19. The highest BCUT2D eigenvalue weighted by atomic mass is 127. The normalized spacial score (nSPS) is 10.5. The van der Waals surface area contributed by atoms with Crippen LogP contribution in [0.15, 0.2) is 24.3 Å². The largest absolute Gasteiger partial charge is 0.149 e. The standard InChI is InChI=1S/C9H7IN2/c1-6-3-2-4-7-5-8(10)11-12-9(6)7/h2-5H,1H3. The third-order valence-electron chi connectivity index (χ3n) is 1.79. The van der Waals surface area contributed by atoms with Crippen molar-refractivity contribution in [1.29, 1.82) is 0 Å². The van der Waals surface area contributed by atoms with Crippen LogP contribution >= 0.6 is 22.6 Å². The summed E-state index contributed by atoms with van der Waals surface area (Å²) in [7, 11) is 0. The Kier molecular flexibility index (Phi) is 1.96. The minimum absolute atomic E-state index is 0.936. The number of rotatable bonds is 0. The number of benzene rings is 1. The fraction of sp³-hybridized carbons (Fsp3) is 0.111. The van der Waals surface area contributed by atoms with Crippen LogP contribution in [0, 0.1) is 10.6 Å². The number of fused-ring (bicyclic) bond motifs is 1. The number of aryl methyl sites for hydroxylation is 1. The molecule has 1 heterocycles. The molecule has 0 spiro atoms. The Morgan fingerprint density at radius 3 is 2.92 bits per heavy atom. The SMILES string of the molecule is Cc1cccc2cc(I)nnc12. The summed E-state index contributed by atoms with van der Waals surface area (Å²) in [6.07, 6.45) is 0. The Bertz CT molecular complexity index is 426. The first-order valence-electron chi connectivity index (χ1n) is 3.66. The molecular formula is C9H7IN2. The third-order valence-corrected chi connectivity index (χ3v) is 2.32. The molecule has 0 bridgehead atoms. The smallest absolute Gasteiger partial charge is 0.124 e. The summed E-state index contributed by atoms with van der Waals surface area (Å²) in [5, 5.41) is 9.29. The molecule has 0 radical (unpaired) electrons. The lowest BCUT2D eigenvalue weighted by molar-refractivity contribution is 1.04. The van der Waals surface area contributed by atoms with Crippen LogP contribution in [0.4, 0.5) is 0 Å². The lowest BCUT2D eigenvalue weighted by atomic mass is 10.1. The van der Waals surface area contributed by atoms with E-state index >= 15 is 0 Å². The van der Waals surface area contributed by atoms with E-state index in [9.17, 15) is 0 Å². The second-order valence-corrected chi connectivity index (χ2v) is 3.79. The molecule has 2 nitrogen and oxygen atoms in total. The molecule has 0 aliphatic rings. The Morgan fingerprint density at radius 2 is 2.08 bits per heavy atom. The van der Waals surface area contributed by atoms with Crippen LogP contribution < -0.4 is 0 Å². The van der Waals surface area contributed by atoms with Crippen molar-refractivity contribution < 1.29 is 0 Å². The molecule has 0 fully saturated rings. The van der Waals surface area contributed by atoms with Crippen molar-refractivity contribution in [2.24, 2.45) is 0 Å². The summed E-state index contributed by atoms with van der Waals surface area (Å²) in [4.78, 5) is 0. The molecule has 0 amide bonds. The lowest BCUT2D eigenvalue weighted by Gasteiger charge is -1.98. The first kappa shape index (κ1) is 7.91. The molecule has 0 N–H and O–H groups in total. The monoisotopic (exact) mass is 270 g/mol. The number of halogens is 1. The highest BCUT2D eigenvalue weighted by Crippen LogP contribution is 2.15. The van der Waals surface area contributed by atoms with Gasteiger partial charge in [0.25, 0.3) is 0 Å². The number of hydrogen-bond donors (Lipinski definition) is 0. The van der Waals surface area contributed by atoms with Gasteiger partial charge in [0.05, 0.1) is 5.52 Å². The van der Waals surface area contributed by atoms with Crippen LogP contribution in [-0.4, -0.2) is 10.2 Å². The zero-order chi connectivity index (χ0) is 8.55. The van der Waals surface area contributed by atoms with Gasteiger partial charge in [-0.1, -0.05) is 18.2 Å². The third kappa shape index (κ3) is 1.29. The maximum absolute atomic E-state index is 4.12. The summed E-state index contributed by atoms with van der Waals surface area (Å²) < 4.78 is 0.936. The van der Waals surface area contributed by atoms with Crippen molar-refractivity contribution in [3.63, 3.8) is 0 Å². The molecule has 0 atom stereocenters. The van der Waals surface area contributed by atoms with Gasteiger partial charge in [-0.25, -0.2) is 0 Å². The lowest BCUT2D eigenvalue weighted by Crippen LogP contribution is -1.89. The number of nitrogens with zero attached hydrogens (tertiary/aromatic N) is 2. The van der Waals surface area contributed by atoms with E-state index < -0.39 is 0 Å². The van der Waals surface area contributed by atoms with E-state index in [4.69, 9.17) is 0 Å². The van der Waals surface area contributed by atoms with Crippen LogP contribution in [0.1, 0.15) is 5.56 Å². The topological polar surface area (TPSA) is 25.8 Å². The van der Waals surface area contributed by atoms with E-state index in [2.05, 4.69) is 38.9 Å². The van der Waals surface area contributed by atoms with Crippen molar-refractivity contribution in [3.8, 4) is 0 Å². The molecule has 12 heavy (non-hydrogen) atoms. The second-order valence-electron chi connectivity index (χ2n) is 2.68. The number of aromatic nitrogens is 2. The molecular weight excluding hydrogens is 263 g/mol.